The molecule has 0 aliphatic heterocycles. The molecular weight excluding hydrogens is 264 g/mol. The Kier molecular flexibility index (Phi) is 4.35. The molecule has 1 aromatic carbocycles. The van der Waals surface area contributed by atoms with Crippen LogP contribution in [0.4, 0.5) is 5.13 Å². The normalized spacial score (nSPS) is 10.0. The van der Waals surface area contributed by atoms with Crippen LogP contribution in [0, 0.1) is 0 Å². The smallest absolute Gasteiger partial charge is 0.257 e. The van der Waals surface area contributed by atoms with Crippen LogP contribution in [-0.4, -0.2) is 24.6 Å². The lowest BCUT2D eigenvalue weighted by Crippen LogP contribution is -2.12. The maximum atomic E-state index is 12.0. The van der Waals surface area contributed by atoms with E-state index in [-0.39, 0.29) is 5.91 Å². The van der Waals surface area contributed by atoms with E-state index in [0.29, 0.717) is 28.8 Å². The fourth-order valence-corrected chi connectivity index (χ4v) is 2.06. The minimum atomic E-state index is -0.224. The van der Waals surface area contributed by atoms with Crippen LogP contribution in [0.25, 0.3) is 0 Å². The lowest BCUT2D eigenvalue weighted by Gasteiger charge is -2.10. The van der Waals surface area contributed by atoms with Gasteiger partial charge >= 0.3 is 0 Å². The monoisotopic (exact) mass is 278 g/mol. The summed E-state index contributed by atoms with van der Waals surface area (Å²) < 4.78 is 10.6. The van der Waals surface area contributed by atoms with Crippen molar-refractivity contribution in [2.24, 2.45) is 0 Å². The fourth-order valence-electron chi connectivity index (χ4n) is 1.54. The first kappa shape index (κ1) is 13.4. The van der Waals surface area contributed by atoms with Gasteiger partial charge in [-0.3, -0.25) is 10.1 Å². The third-order valence-corrected chi connectivity index (χ3v) is 3.07. The van der Waals surface area contributed by atoms with Crippen LogP contribution in [0.2, 0.25) is 0 Å². The van der Waals surface area contributed by atoms with E-state index in [1.54, 1.807) is 36.9 Å². The average molecular weight is 278 g/mol. The number of ether oxygens (including phenoxy) is 2. The number of rotatable bonds is 5. The summed E-state index contributed by atoms with van der Waals surface area (Å²) in [6, 6.07) is 5.05. The molecule has 0 unspecified atom stereocenters. The highest BCUT2D eigenvalue weighted by atomic mass is 32.1. The van der Waals surface area contributed by atoms with Crippen LogP contribution in [0.1, 0.15) is 17.3 Å². The number of nitrogens with zero attached hydrogens (tertiary/aromatic N) is 1. The van der Waals surface area contributed by atoms with E-state index in [2.05, 4.69) is 10.3 Å². The fraction of sp³-hybridized carbons (Fsp3) is 0.231. The van der Waals surface area contributed by atoms with Crippen LogP contribution in [0.5, 0.6) is 11.5 Å². The van der Waals surface area contributed by atoms with Crippen molar-refractivity contribution in [3.8, 4) is 11.5 Å². The third kappa shape index (κ3) is 3.23. The van der Waals surface area contributed by atoms with Crippen molar-refractivity contribution >= 4 is 22.4 Å². The van der Waals surface area contributed by atoms with Crippen molar-refractivity contribution in [1.82, 2.24) is 4.98 Å². The molecule has 0 aliphatic rings. The Morgan fingerprint density at radius 2 is 2.26 bits per heavy atom. The average Bonchev–Trinajstić information content (AvgIpc) is 2.92. The first-order valence-electron chi connectivity index (χ1n) is 5.76. The Bertz CT molecular complexity index is 555. The van der Waals surface area contributed by atoms with Gasteiger partial charge in [-0.25, -0.2) is 4.98 Å². The maximum Gasteiger partial charge on any atom is 0.257 e. The highest BCUT2D eigenvalue weighted by Gasteiger charge is 2.12. The molecule has 0 radical (unpaired) electrons. The van der Waals surface area contributed by atoms with Crippen molar-refractivity contribution in [1.29, 1.82) is 0 Å². The van der Waals surface area contributed by atoms with Gasteiger partial charge in [-0.05, 0) is 25.1 Å². The van der Waals surface area contributed by atoms with Crippen molar-refractivity contribution in [3.05, 3.63) is 35.3 Å². The Morgan fingerprint density at radius 3 is 2.89 bits per heavy atom. The maximum absolute atomic E-state index is 12.0. The minimum Gasteiger partial charge on any atom is -0.493 e. The van der Waals surface area contributed by atoms with Gasteiger partial charge in [-0.2, -0.15) is 0 Å². The Hall–Kier alpha value is -2.08. The van der Waals surface area contributed by atoms with E-state index >= 15 is 0 Å². The number of benzene rings is 1. The lowest BCUT2D eigenvalue weighted by molar-refractivity contribution is 0.102. The van der Waals surface area contributed by atoms with E-state index in [9.17, 15) is 4.79 Å². The highest BCUT2D eigenvalue weighted by Crippen LogP contribution is 2.28. The number of thiazole rings is 1. The zero-order valence-corrected chi connectivity index (χ0v) is 11.5. The number of carbonyl (C=O) groups is 1. The molecule has 0 bridgehead atoms. The van der Waals surface area contributed by atoms with Crippen molar-refractivity contribution in [3.63, 3.8) is 0 Å². The Labute approximate surface area is 115 Å². The molecule has 0 fully saturated rings. The number of methoxy groups -OCH3 is 1. The van der Waals surface area contributed by atoms with Gasteiger partial charge in [0.2, 0.25) is 0 Å². The third-order valence-electron chi connectivity index (χ3n) is 2.38. The summed E-state index contributed by atoms with van der Waals surface area (Å²) in [5, 5.41) is 5.09. The van der Waals surface area contributed by atoms with E-state index in [0.717, 1.165) is 0 Å². The van der Waals surface area contributed by atoms with Crippen LogP contribution in [0.3, 0.4) is 0 Å². The second-order valence-corrected chi connectivity index (χ2v) is 4.48. The molecular formula is C13H14N2O3S. The Balaban J connectivity index is 2.19. The van der Waals surface area contributed by atoms with Crippen LogP contribution < -0.4 is 14.8 Å². The standard InChI is InChI=1S/C13H14N2O3S/c1-3-18-11-8-9(4-5-10(11)17-2)12(16)15-13-14-6-7-19-13/h4-8H,3H2,1-2H3,(H,14,15,16). The highest BCUT2D eigenvalue weighted by molar-refractivity contribution is 7.13. The van der Waals surface area contributed by atoms with Gasteiger partial charge in [0.15, 0.2) is 16.6 Å². The molecule has 1 aromatic heterocycles. The molecule has 6 heteroatoms. The zero-order valence-electron chi connectivity index (χ0n) is 10.7. The predicted molar refractivity (Wildman–Crippen MR) is 74.2 cm³/mol. The molecule has 1 heterocycles. The summed E-state index contributed by atoms with van der Waals surface area (Å²) in [5.41, 5.74) is 0.499. The molecule has 0 spiro atoms. The molecule has 0 aliphatic carbocycles. The SMILES string of the molecule is CCOc1cc(C(=O)Nc2nccs2)ccc1OC. The predicted octanol–water partition coefficient (Wildman–Crippen LogP) is 2.80. The molecule has 2 rings (SSSR count). The first-order chi connectivity index (χ1) is 9.24. The van der Waals surface area contributed by atoms with E-state index < -0.39 is 0 Å². The van der Waals surface area contributed by atoms with Gasteiger partial charge in [-0.15, -0.1) is 11.3 Å². The quantitative estimate of drug-likeness (QED) is 0.913. The number of hydrogen-bond acceptors (Lipinski definition) is 5. The van der Waals surface area contributed by atoms with Crippen molar-refractivity contribution < 1.29 is 14.3 Å². The van der Waals surface area contributed by atoms with Gasteiger partial charge in [0.1, 0.15) is 0 Å². The van der Waals surface area contributed by atoms with Gasteiger partial charge < -0.3 is 9.47 Å². The number of nitrogens with one attached hydrogen (secondary N) is 1. The van der Waals surface area contributed by atoms with Crippen molar-refractivity contribution in [2.75, 3.05) is 19.0 Å². The number of amides is 1. The van der Waals surface area contributed by atoms with Gasteiger partial charge in [0.05, 0.1) is 13.7 Å². The van der Waals surface area contributed by atoms with Gasteiger partial charge in [0.25, 0.3) is 5.91 Å². The summed E-state index contributed by atoms with van der Waals surface area (Å²) in [4.78, 5) is 16.0. The van der Waals surface area contributed by atoms with Gasteiger partial charge in [0, 0.05) is 17.1 Å². The second kappa shape index (κ2) is 6.19. The molecule has 19 heavy (non-hydrogen) atoms. The summed E-state index contributed by atoms with van der Waals surface area (Å²) in [5.74, 6) is 0.933. The Morgan fingerprint density at radius 1 is 1.42 bits per heavy atom. The van der Waals surface area contributed by atoms with Crippen LogP contribution in [-0.2, 0) is 0 Å². The van der Waals surface area contributed by atoms with E-state index in [4.69, 9.17) is 9.47 Å². The molecule has 5 nitrogen and oxygen atoms in total. The molecule has 1 N–H and O–H groups in total. The minimum absolute atomic E-state index is 0.224. The summed E-state index contributed by atoms with van der Waals surface area (Å²) in [6.07, 6.45) is 1.64. The number of anilines is 1. The van der Waals surface area contributed by atoms with Gasteiger partial charge in [-0.1, -0.05) is 0 Å². The second-order valence-electron chi connectivity index (χ2n) is 3.59. The first-order valence-corrected chi connectivity index (χ1v) is 6.64. The van der Waals surface area contributed by atoms with Crippen molar-refractivity contribution in [2.45, 2.75) is 6.92 Å². The summed E-state index contributed by atoms with van der Waals surface area (Å²) in [6.45, 7) is 2.38. The molecule has 1 amide bonds. The molecule has 100 valence electrons. The van der Waals surface area contributed by atoms with Crippen LogP contribution in [0.15, 0.2) is 29.8 Å². The van der Waals surface area contributed by atoms with E-state index in [1.165, 1.54) is 11.3 Å². The molecule has 2 aromatic rings. The van der Waals surface area contributed by atoms with E-state index in [1.807, 2.05) is 6.92 Å². The summed E-state index contributed by atoms with van der Waals surface area (Å²) >= 11 is 1.37. The molecule has 0 saturated carbocycles. The number of hydrogen-bond donors (Lipinski definition) is 1. The summed E-state index contributed by atoms with van der Waals surface area (Å²) in [7, 11) is 1.56. The topological polar surface area (TPSA) is 60.5 Å². The molecule has 0 atom stereocenters. The number of carbonyl (C=O) groups excluding carboxylic acids is 1. The zero-order chi connectivity index (χ0) is 13.7. The molecule has 0 saturated heterocycles. The van der Waals surface area contributed by atoms with Crippen LogP contribution >= 0.6 is 11.3 Å². The largest absolute Gasteiger partial charge is 0.493 e. The number of aromatic nitrogens is 1. The lowest BCUT2D eigenvalue weighted by atomic mass is 10.2.